The molecule has 7 nitrogen and oxygen atoms in total. The number of amides is 1. The highest BCUT2D eigenvalue weighted by molar-refractivity contribution is 7.89. The second kappa shape index (κ2) is 8.35. The number of halogens is 1. The lowest BCUT2D eigenvalue weighted by atomic mass is 10.1. The third-order valence-electron chi connectivity index (χ3n) is 4.25. The number of hydrogen-bond donors (Lipinski definition) is 3. The van der Waals surface area contributed by atoms with Crippen LogP contribution < -0.4 is 20.1 Å². The Bertz CT molecular complexity index is 716. The van der Waals surface area contributed by atoms with Crippen LogP contribution in [0.4, 0.5) is 0 Å². The molecule has 2 aliphatic rings. The van der Waals surface area contributed by atoms with Gasteiger partial charge in [0.2, 0.25) is 10.0 Å². The molecule has 3 N–H and O–H groups in total. The smallest absolute Gasteiger partial charge is 0.251 e. The van der Waals surface area contributed by atoms with Crippen LogP contribution in [0.3, 0.4) is 0 Å². The first-order chi connectivity index (χ1) is 11.5. The monoisotopic (exact) mass is 389 g/mol. The van der Waals surface area contributed by atoms with E-state index in [-0.39, 0.29) is 41.0 Å². The van der Waals surface area contributed by atoms with E-state index in [1.807, 2.05) is 0 Å². The topological polar surface area (TPSA) is 96.5 Å². The molecule has 1 saturated heterocycles. The van der Waals surface area contributed by atoms with E-state index in [2.05, 4.69) is 15.4 Å². The molecule has 1 aromatic rings. The summed E-state index contributed by atoms with van der Waals surface area (Å²) in [6.45, 7) is 1.69. The SMILES string of the molecule is COc1ccc(C(=O)NC2CCCNC2)cc1S(=O)(=O)NC1CC1.Cl. The van der Waals surface area contributed by atoms with Crippen molar-refractivity contribution in [1.29, 1.82) is 0 Å². The molecule has 1 aliphatic carbocycles. The van der Waals surface area contributed by atoms with Gasteiger partial charge in [-0.05, 0) is 50.4 Å². The first-order valence-electron chi connectivity index (χ1n) is 8.21. The molecule has 1 heterocycles. The Kier molecular flexibility index (Phi) is 6.67. The van der Waals surface area contributed by atoms with Gasteiger partial charge in [0.25, 0.3) is 5.91 Å². The van der Waals surface area contributed by atoms with Crippen LogP contribution in [0.5, 0.6) is 5.75 Å². The fraction of sp³-hybridized carbons (Fsp3) is 0.562. The maximum atomic E-state index is 12.5. The minimum Gasteiger partial charge on any atom is -0.495 e. The minimum atomic E-state index is -3.70. The van der Waals surface area contributed by atoms with Gasteiger partial charge in [0.05, 0.1) is 7.11 Å². The predicted molar refractivity (Wildman–Crippen MR) is 96.9 cm³/mol. The molecule has 1 aromatic carbocycles. The third kappa shape index (κ3) is 5.07. The van der Waals surface area contributed by atoms with Crippen molar-refractivity contribution in [2.45, 2.75) is 42.7 Å². The zero-order valence-electron chi connectivity index (χ0n) is 14.1. The Balaban J connectivity index is 0.00000225. The van der Waals surface area contributed by atoms with Crippen LogP contribution in [0.1, 0.15) is 36.0 Å². The molecule has 0 radical (unpaired) electrons. The molecular weight excluding hydrogens is 366 g/mol. The van der Waals surface area contributed by atoms with Gasteiger partial charge in [-0.3, -0.25) is 4.79 Å². The highest BCUT2D eigenvalue weighted by Gasteiger charge is 2.30. The van der Waals surface area contributed by atoms with Crippen molar-refractivity contribution in [3.63, 3.8) is 0 Å². The van der Waals surface area contributed by atoms with Crippen LogP contribution in [-0.2, 0) is 10.0 Å². The Morgan fingerprint density at radius 1 is 1.24 bits per heavy atom. The van der Waals surface area contributed by atoms with Crippen LogP contribution >= 0.6 is 12.4 Å². The summed E-state index contributed by atoms with van der Waals surface area (Å²) in [5.41, 5.74) is 0.317. The molecule has 3 rings (SSSR count). The molecule has 2 fully saturated rings. The number of carbonyl (C=O) groups is 1. The average Bonchev–Trinajstić information content (AvgIpc) is 3.38. The summed E-state index contributed by atoms with van der Waals surface area (Å²) in [5, 5.41) is 6.18. The highest BCUT2D eigenvalue weighted by Crippen LogP contribution is 2.28. The van der Waals surface area contributed by atoms with E-state index in [4.69, 9.17) is 4.74 Å². The number of carbonyl (C=O) groups excluding carboxylic acids is 1. The number of benzene rings is 1. The highest BCUT2D eigenvalue weighted by atomic mass is 35.5. The number of piperidine rings is 1. The van der Waals surface area contributed by atoms with Gasteiger partial charge in [-0.25, -0.2) is 13.1 Å². The first-order valence-corrected chi connectivity index (χ1v) is 9.70. The predicted octanol–water partition coefficient (Wildman–Crippen LogP) is 1.04. The summed E-state index contributed by atoms with van der Waals surface area (Å²) in [6, 6.07) is 4.55. The summed E-state index contributed by atoms with van der Waals surface area (Å²) in [6.07, 6.45) is 3.62. The maximum Gasteiger partial charge on any atom is 0.251 e. The van der Waals surface area contributed by atoms with Crippen LogP contribution in [0.25, 0.3) is 0 Å². The molecule has 1 saturated carbocycles. The summed E-state index contributed by atoms with van der Waals surface area (Å²) in [5.74, 6) is -0.0340. The second-order valence-corrected chi connectivity index (χ2v) is 7.96. The van der Waals surface area contributed by atoms with Gasteiger partial charge in [-0.1, -0.05) is 0 Å². The molecule has 0 bridgehead atoms. The van der Waals surface area contributed by atoms with Crippen molar-refractivity contribution in [2.75, 3.05) is 20.2 Å². The Morgan fingerprint density at radius 2 is 2.00 bits per heavy atom. The van der Waals surface area contributed by atoms with Crippen LogP contribution in [0, 0.1) is 0 Å². The lowest BCUT2D eigenvalue weighted by Crippen LogP contribution is -2.45. The van der Waals surface area contributed by atoms with E-state index in [9.17, 15) is 13.2 Å². The normalized spacial score (nSPS) is 20.4. The Morgan fingerprint density at radius 3 is 2.60 bits per heavy atom. The lowest BCUT2D eigenvalue weighted by molar-refractivity contribution is 0.0930. The number of hydrogen-bond acceptors (Lipinski definition) is 5. The average molecular weight is 390 g/mol. The van der Waals surface area contributed by atoms with Crippen molar-refractivity contribution in [2.24, 2.45) is 0 Å². The summed E-state index contributed by atoms with van der Waals surface area (Å²) in [4.78, 5) is 12.4. The molecule has 9 heteroatoms. The van der Waals surface area contributed by atoms with Crippen molar-refractivity contribution < 1.29 is 17.9 Å². The van der Waals surface area contributed by atoms with E-state index in [1.54, 1.807) is 6.07 Å². The van der Waals surface area contributed by atoms with E-state index >= 15 is 0 Å². The molecule has 0 spiro atoms. The van der Waals surface area contributed by atoms with Crippen molar-refractivity contribution in [1.82, 2.24) is 15.4 Å². The standard InChI is InChI=1S/C16H23N3O4S.ClH/c1-23-14-7-4-11(16(20)18-13-3-2-8-17-10-13)9-15(14)24(21,22)19-12-5-6-12;/h4,7,9,12-13,17,19H,2-3,5-6,8,10H2,1H3,(H,18,20);1H. The molecule has 140 valence electrons. The molecule has 1 aliphatic heterocycles. The van der Waals surface area contributed by atoms with E-state index in [0.29, 0.717) is 5.56 Å². The summed E-state index contributed by atoms with van der Waals surface area (Å²) in [7, 11) is -2.28. The van der Waals surface area contributed by atoms with Crippen LogP contribution in [0.15, 0.2) is 23.1 Å². The molecule has 25 heavy (non-hydrogen) atoms. The zero-order chi connectivity index (χ0) is 17.2. The van der Waals surface area contributed by atoms with Crippen LogP contribution in [0.2, 0.25) is 0 Å². The second-order valence-electron chi connectivity index (χ2n) is 6.28. The fourth-order valence-electron chi connectivity index (χ4n) is 2.76. The van der Waals surface area contributed by atoms with Gasteiger partial charge in [0, 0.05) is 24.2 Å². The maximum absolute atomic E-state index is 12.5. The number of sulfonamides is 1. The van der Waals surface area contributed by atoms with Crippen molar-refractivity contribution in [3.8, 4) is 5.75 Å². The molecule has 1 unspecified atom stereocenters. The minimum absolute atomic E-state index is 0. The van der Waals surface area contributed by atoms with E-state index in [1.165, 1.54) is 19.2 Å². The lowest BCUT2D eigenvalue weighted by Gasteiger charge is -2.24. The number of nitrogens with one attached hydrogen (secondary N) is 3. The van der Waals surface area contributed by atoms with Gasteiger partial charge in [-0.2, -0.15) is 0 Å². The van der Waals surface area contributed by atoms with Crippen molar-refractivity contribution >= 4 is 28.3 Å². The van der Waals surface area contributed by atoms with E-state index < -0.39 is 10.0 Å². The van der Waals surface area contributed by atoms with Gasteiger partial charge in [0.1, 0.15) is 10.6 Å². The third-order valence-corrected chi connectivity index (χ3v) is 5.79. The molecule has 1 amide bonds. The summed E-state index contributed by atoms with van der Waals surface area (Å²) < 4.78 is 32.8. The van der Waals surface area contributed by atoms with E-state index in [0.717, 1.165) is 38.8 Å². The molecule has 0 aromatic heterocycles. The van der Waals surface area contributed by atoms with Gasteiger partial charge in [-0.15, -0.1) is 12.4 Å². The number of methoxy groups -OCH3 is 1. The molecule has 1 atom stereocenters. The Labute approximate surface area is 154 Å². The van der Waals surface area contributed by atoms with Gasteiger partial charge >= 0.3 is 0 Å². The summed E-state index contributed by atoms with van der Waals surface area (Å²) >= 11 is 0. The Hall–Kier alpha value is -1.35. The fourth-order valence-corrected chi connectivity index (χ4v) is 4.26. The number of ether oxygens (including phenoxy) is 1. The largest absolute Gasteiger partial charge is 0.495 e. The molecular formula is C16H24ClN3O4S. The van der Waals surface area contributed by atoms with Crippen LogP contribution in [-0.4, -0.2) is 46.6 Å². The van der Waals surface area contributed by atoms with Gasteiger partial charge in [0.15, 0.2) is 0 Å². The van der Waals surface area contributed by atoms with Gasteiger partial charge < -0.3 is 15.4 Å². The quantitative estimate of drug-likeness (QED) is 0.675. The first kappa shape index (κ1) is 20.0. The zero-order valence-corrected chi connectivity index (χ0v) is 15.7. The number of rotatable bonds is 6. The van der Waals surface area contributed by atoms with Crippen molar-refractivity contribution in [3.05, 3.63) is 23.8 Å².